The molecule has 0 spiro atoms. The fourth-order valence-corrected chi connectivity index (χ4v) is 2.59. The zero-order chi connectivity index (χ0) is 13.6. The lowest BCUT2D eigenvalue weighted by Gasteiger charge is -2.05. The van der Waals surface area contributed by atoms with Crippen molar-refractivity contribution in [2.75, 3.05) is 0 Å². The van der Waals surface area contributed by atoms with E-state index in [1.807, 2.05) is 6.07 Å². The van der Waals surface area contributed by atoms with Gasteiger partial charge in [0.1, 0.15) is 0 Å². The Morgan fingerprint density at radius 1 is 1.11 bits per heavy atom. The fraction of sp³-hybridized carbons (Fsp3) is 0. The average molecular weight is 331 g/mol. The number of halogens is 3. The van der Waals surface area contributed by atoms with Crippen molar-refractivity contribution in [3.05, 3.63) is 50.3 Å². The minimum absolute atomic E-state index is 0.462. The number of pyridine rings is 1. The van der Waals surface area contributed by atoms with Crippen molar-refractivity contribution in [2.45, 2.75) is 0 Å². The fourth-order valence-electron chi connectivity index (χ4n) is 1.83. The molecule has 0 amide bonds. The Kier molecular flexibility index (Phi) is 3.27. The monoisotopic (exact) mass is 329 g/mol. The van der Waals surface area contributed by atoms with Crippen LogP contribution in [0.2, 0.25) is 15.1 Å². The Labute approximate surface area is 128 Å². The average Bonchev–Trinajstić information content (AvgIpc) is 2.68. The van der Waals surface area contributed by atoms with Crippen LogP contribution in [0.15, 0.2) is 30.5 Å². The van der Waals surface area contributed by atoms with Crippen molar-refractivity contribution in [3.8, 4) is 5.69 Å². The predicted octanol–water partition coefficient (Wildman–Crippen LogP) is 5.04. The highest BCUT2D eigenvalue weighted by molar-refractivity contribution is 7.71. The minimum atomic E-state index is 0.462. The highest BCUT2D eigenvalue weighted by Gasteiger charge is 2.09. The summed E-state index contributed by atoms with van der Waals surface area (Å²) in [5, 5.41) is 1.50. The van der Waals surface area contributed by atoms with Crippen molar-refractivity contribution < 1.29 is 0 Å². The smallest absolute Gasteiger partial charge is 0.183 e. The van der Waals surface area contributed by atoms with E-state index < -0.39 is 0 Å². The summed E-state index contributed by atoms with van der Waals surface area (Å²) < 4.78 is 2.30. The molecule has 0 fully saturated rings. The standard InChI is InChI=1S/C12H6Cl3N3S/c13-6-3-10-11(16-5-6)18(12(19)17-10)7-1-2-8(14)9(15)4-7/h1-5H,(H,17,19). The van der Waals surface area contributed by atoms with Gasteiger partial charge in [0, 0.05) is 6.20 Å². The Hall–Kier alpha value is -1.07. The number of benzene rings is 1. The molecule has 0 saturated carbocycles. The molecular formula is C12H6Cl3N3S. The lowest BCUT2D eigenvalue weighted by Crippen LogP contribution is -1.95. The van der Waals surface area contributed by atoms with Gasteiger partial charge in [0.25, 0.3) is 0 Å². The normalized spacial score (nSPS) is 11.1. The van der Waals surface area contributed by atoms with Gasteiger partial charge < -0.3 is 4.98 Å². The van der Waals surface area contributed by atoms with Crippen LogP contribution in [0.4, 0.5) is 0 Å². The van der Waals surface area contributed by atoms with E-state index in [0.717, 1.165) is 11.2 Å². The Balaban J connectivity index is 2.32. The largest absolute Gasteiger partial charge is 0.329 e. The van der Waals surface area contributed by atoms with Crippen LogP contribution in [0.25, 0.3) is 16.9 Å². The van der Waals surface area contributed by atoms with Crippen LogP contribution in [0.1, 0.15) is 0 Å². The maximum absolute atomic E-state index is 6.03. The first-order valence-corrected chi connectivity index (χ1v) is 6.82. The molecule has 0 unspecified atom stereocenters. The van der Waals surface area contributed by atoms with Crippen molar-refractivity contribution in [1.29, 1.82) is 0 Å². The predicted molar refractivity (Wildman–Crippen MR) is 81.3 cm³/mol. The Morgan fingerprint density at radius 2 is 1.89 bits per heavy atom. The van der Waals surface area contributed by atoms with Crippen LogP contribution in [-0.2, 0) is 0 Å². The molecule has 0 saturated heterocycles. The van der Waals surface area contributed by atoms with Crippen LogP contribution in [0.3, 0.4) is 0 Å². The summed E-state index contributed by atoms with van der Waals surface area (Å²) in [6, 6.07) is 7.06. The van der Waals surface area contributed by atoms with Gasteiger partial charge in [-0.3, -0.25) is 4.57 Å². The van der Waals surface area contributed by atoms with Gasteiger partial charge in [-0.15, -0.1) is 0 Å². The summed E-state index contributed by atoms with van der Waals surface area (Å²) in [7, 11) is 0. The Morgan fingerprint density at radius 3 is 2.63 bits per heavy atom. The number of nitrogens with one attached hydrogen (secondary N) is 1. The van der Waals surface area contributed by atoms with Gasteiger partial charge in [-0.05, 0) is 36.5 Å². The van der Waals surface area contributed by atoms with E-state index in [2.05, 4.69) is 9.97 Å². The summed E-state index contributed by atoms with van der Waals surface area (Å²) in [6.45, 7) is 0. The van der Waals surface area contributed by atoms with Crippen LogP contribution in [0.5, 0.6) is 0 Å². The summed E-state index contributed by atoms with van der Waals surface area (Å²) in [5.74, 6) is 0. The second-order valence-corrected chi connectivity index (χ2v) is 5.53. The molecule has 0 aliphatic heterocycles. The van der Waals surface area contributed by atoms with E-state index in [0.29, 0.717) is 25.5 Å². The lowest BCUT2D eigenvalue weighted by molar-refractivity contribution is 1.04. The van der Waals surface area contributed by atoms with Gasteiger partial charge in [-0.2, -0.15) is 0 Å². The summed E-state index contributed by atoms with van der Waals surface area (Å²) in [4.78, 5) is 7.34. The van der Waals surface area contributed by atoms with Crippen molar-refractivity contribution in [2.24, 2.45) is 0 Å². The molecule has 96 valence electrons. The quantitative estimate of drug-likeness (QED) is 0.634. The van der Waals surface area contributed by atoms with Crippen molar-refractivity contribution >= 4 is 58.2 Å². The molecule has 1 N–H and O–H groups in total. The third kappa shape index (κ3) is 2.25. The number of nitrogens with zero attached hydrogens (tertiary/aromatic N) is 2. The third-order valence-electron chi connectivity index (χ3n) is 2.65. The maximum Gasteiger partial charge on any atom is 0.183 e. The van der Waals surface area contributed by atoms with Crippen molar-refractivity contribution in [3.63, 3.8) is 0 Å². The number of aromatic amines is 1. The molecule has 2 heterocycles. The van der Waals surface area contributed by atoms with Gasteiger partial charge in [0.05, 0.1) is 26.3 Å². The van der Waals surface area contributed by atoms with Crippen LogP contribution < -0.4 is 0 Å². The molecule has 3 aromatic rings. The molecule has 7 heteroatoms. The first-order chi connectivity index (χ1) is 9.06. The van der Waals surface area contributed by atoms with Gasteiger partial charge in [-0.1, -0.05) is 34.8 Å². The van der Waals surface area contributed by atoms with E-state index in [4.69, 9.17) is 47.0 Å². The number of rotatable bonds is 1. The molecule has 2 aromatic heterocycles. The molecule has 0 atom stereocenters. The van der Waals surface area contributed by atoms with Gasteiger partial charge >= 0.3 is 0 Å². The first kappa shape index (κ1) is 12.9. The highest BCUT2D eigenvalue weighted by atomic mass is 35.5. The third-order valence-corrected chi connectivity index (χ3v) is 3.88. The zero-order valence-electron chi connectivity index (χ0n) is 9.32. The second kappa shape index (κ2) is 4.80. The summed E-state index contributed by atoms with van der Waals surface area (Å²) in [6.07, 6.45) is 1.57. The molecule has 3 rings (SSSR count). The van der Waals surface area contributed by atoms with E-state index in [1.165, 1.54) is 0 Å². The molecule has 0 aliphatic rings. The SMILES string of the molecule is S=c1[nH]c2cc(Cl)cnc2n1-c1ccc(Cl)c(Cl)c1. The van der Waals surface area contributed by atoms with E-state index in [1.54, 1.807) is 29.0 Å². The Bertz CT molecular complexity index is 838. The van der Waals surface area contributed by atoms with Gasteiger partial charge in [-0.25, -0.2) is 4.98 Å². The number of fused-ring (bicyclic) bond motifs is 1. The molecule has 0 radical (unpaired) electrons. The van der Waals surface area contributed by atoms with Crippen LogP contribution in [0, 0.1) is 4.77 Å². The number of aromatic nitrogens is 3. The van der Waals surface area contributed by atoms with E-state index in [9.17, 15) is 0 Å². The van der Waals surface area contributed by atoms with Crippen LogP contribution in [-0.4, -0.2) is 14.5 Å². The number of hydrogen-bond acceptors (Lipinski definition) is 2. The van der Waals surface area contributed by atoms with E-state index >= 15 is 0 Å². The topological polar surface area (TPSA) is 33.6 Å². The summed E-state index contributed by atoms with van der Waals surface area (Å²) in [5.41, 5.74) is 2.25. The number of H-pyrrole nitrogens is 1. The second-order valence-electron chi connectivity index (χ2n) is 3.89. The zero-order valence-corrected chi connectivity index (χ0v) is 12.4. The molecule has 0 bridgehead atoms. The van der Waals surface area contributed by atoms with Gasteiger partial charge in [0.2, 0.25) is 0 Å². The molecule has 0 aliphatic carbocycles. The van der Waals surface area contributed by atoms with Crippen LogP contribution >= 0.6 is 47.0 Å². The maximum atomic E-state index is 6.03. The highest BCUT2D eigenvalue weighted by Crippen LogP contribution is 2.27. The number of hydrogen-bond donors (Lipinski definition) is 1. The molecule has 3 nitrogen and oxygen atoms in total. The molecular weight excluding hydrogens is 325 g/mol. The summed E-state index contributed by atoms with van der Waals surface area (Å²) >= 11 is 23.2. The van der Waals surface area contributed by atoms with E-state index in [-0.39, 0.29) is 0 Å². The molecule has 1 aromatic carbocycles. The first-order valence-electron chi connectivity index (χ1n) is 5.28. The molecule has 19 heavy (non-hydrogen) atoms. The van der Waals surface area contributed by atoms with Crippen molar-refractivity contribution in [1.82, 2.24) is 14.5 Å². The van der Waals surface area contributed by atoms with Gasteiger partial charge in [0.15, 0.2) is 10.4 Å². The number of imidazole rings is 1. The minimum Gasteiger partial charge on any atom is -0.329 e. The lowest BCUT2D eigenvalue weighted by atomic mass is 10.3.